The number of nitrogens with zero attached hydrogens (tertiary/aromatic N) is 1. The number of carbonyl (C=O) groups excluding carboxylic acids is 1. The van der Waals surface area contributed by atoms with Crippen LogP contribution in [0.1, 0.15) is 59.3 Å². The fraction of sp³-hybridized carbons (Fsp3) is 0.933. The summed E-state index contributed by atoms with van der Waals surface area (Å²) in [4.78, 5) is 15.0. The predicted molar refractivity (Wildman–Crippen MR) is 74.4 cm³/mol. The van der Waals surface area contributed by atoms with Crippen LogP contribution >= 0.6 is 0 Å². The second kappa shape index (κ2) is 5.20. The quantitative estimate of drug-likeness (QED) is 0.837. The Hall–Kier alpha value is -0.570. The lowest BCUT2D eigenvalue weighted by Crippen LogP contribution is -2.57. The zero-order valence-electron chi connectivity index (χ0n) is 12.3. The first kappa shape index (κ1) is 13.9. The highest BCUT2D eigenvalue weighted by Gasteiger charge is 2.45. The fourth-order valence-corrected chi connectivity index (χ4v) is 3.71. The van der Waals surface area contributed by atoms with Crippen molar-refractivity contribution in [1.82, 2.24) is 10.2 Å². The molecule has 2 fully saturated rings. The van der Waals surface area contributed by atoms with Crippen LogP contribution in [0.25, 0.3) is 0 Å². The van der Waals surface area contributed by atoms with E-state index in [0.717, 1.165) is 18.8 Å². The fourth-order valence-electron chi connectivity index (χ4n) is 3.71. The molecule has 3 heteroatoms. The van der Waals surface area contributed by atoms with E-state index in [2.05, 4.69) is 31.0 Å². The molecular formula is C15H28N2O. The Balaban J connectivity index is 2.31. The van der Waals surface area contributed by atoms with E-state index in [0.29, 0.717) is 11.9 Å². The lowest BCUT2D eigenvalue weighted by Gasteiger charge is -2.44. The molecule has 1 heterocycles. The summed E-state index contributed by atoms with van der Waals surface area (Å²) >= 11 is 0. The number of carbonyl (C=O) groups is 1. The maximum Gasteiger partial charge on any atom is 0.240 e. The summed E-state index contributed by atoms with van der Waals surface area (Å²) in [6, 6.07) is 0.521. The van der Waals surface area contributed by atoms with Gasteiger partial charge in [-0.25, -0.2) is 0 Å². The average Bonchev–Trinajstić information content (AvgIpc) is 2.73. The molecule has 0 aromatic heterocycles. The normalized spacial score (nSPS) is 33.4. The minimum absolute atomic E-state index is 0.0101. The summed E-state index contributed by atoms with van der Waals surface area (Å²) in [6.45, 7) is 6.63. The summed E-state index contributed by atoms with van der Waals surface area (Å²) in [5.41, 5.74) is -0.0101. The maximum absolute atomic E-state index is 12.8. The lowest BCUT2D eigenvalue weighted by molar-refractivity contribution is -0.142. The van der Waals surface area contributed by atoms with Gasteiger partial charge in [0.05, 0.1) is 6.04 Å². The van der Waals surface area contributed by atoms with Crippen LogP contribution in [-0.4, -0.2) is 35.5 Å². The van der Waals surface area contributed by atoms with E-state index in [-0.39, 0.29) is 11.6 Å². The van der Waals surface area contributed by atoms with Crippen molar-refractivity contribution in [3.63, 3.8) is 0 Å². The van der Waals surface area contributed by atoms with Gasteiger partial charge in [-0.1, -0.05) is 13.3 Å². The molecule has 0 spiro atoms. The minimum atomic E-state index is -0.0101. The first-order chi connectivity index (χ1) is 8.51. The number of fused-ring (bicyclic) bond motifs is 1. The molecule has 0 aromatic carbocycles. The van der Waals surface area contributed by atoms with Crippen LogP contribution in [-0.2, 0) is 4.79 Å². The highest BCUT2D eigenvalue weighted by molar-refractivity contribution is 5.83. The first-order valence-electron chi connectivity index (χ1n) is 7.51. The smallest absolute Gasteiger partial charge is 0.240 e. The molecule has 1 aliphatic carbocycles. The number of likely N-dealkylation sites (tertiary alicyclic amines) is 1. The molecule has 2 aliphatic rings. The molecule has 3 atom stereocenters. The predicted octanol–water partition coefficient (Wildman–Crippen LogP) is 2.55. The van der Waals surface area contributed by atoms with Crippen molar-refractivity contribution in [3.8, 4) is 0 Å². The van der Waals surface area contributed by atoms with Crippen LogP contribution < -0.4 is 5.32 Å². The van der Waals surface area contributed by atoms with Gasteiger partial charge in [0.1, 0.15) is 0 Å². The minimum Gasteiger partial charge on any atom is -0.333 e. The summed E-state index contributed by atoms with van der Waals surface area (Å²) < 4.78 is 0. The van der Waals surface area contributed by atoms with Gasteiger partial charge in [-0.3, -0.25) is 4.79 Å². The lowest BCUT2D eigenvalue weighted by atomic mass is 9.92. The van der Waals surface area contributed by atoms with Gasteiger partial charge < -0.3 is 10.2 Å². The van der Waals surface area contributed by atoms with E-state index in [1.807, 2.05) is 7.05 Å². The van der Waals surface area contributed by atoms with Crippen molar-refractivity contribution in [3.05, 3.63) is 0 Å². The molecule has 1 saturated carbocycles. The van der Waals surface area contributed by atoms with E-state index >= 15 is 0 Å². The number of hydrogen-bond acceptors (Lipinski definition) is 2. The van der Waals surface area contributed by atoms with E-state index in [9.17, 15) is 4.79 Å². The van der Waals surface area contributed by atoms with Crippen LogP contribution in [0, 0.1) is 5.92 Å². The molecule has 1 aliphatic heterocycles. The number of nitrogens with one attached hydrogen (secondary N) is 1. The number of amides is 1. The average molecular weight is 252 g/mol. The number of likely N-dealkylation sites (N-methyl/N-ethyl adjacent to an activating group) is 1. The zero-order valence-corrected chi connectivity index (χ0v) is 12.3. The molecule has 0 radical (unpaired) electrons. The zero-order chi connectivity index (χ0) is 13.3. The third-order valence-corrected chi connectivity index (χ3v) is 5.18. The van der Waals surface area contributed by atoms with Gasteiger partial charge in [0.15, 0.2) is 0 Å². The van der Waals surface area contributed by atoms with Crippen LogP contribution in [0.2, 0.25) is 0 Å². The van der Waals surface area contributed by atoms with Crippen LogP contribution in [0.15, 0.2) is 0 Å². The van der Waals surface area contributed by atoms with E-state index in [4.69, 9.17) is 0 Å². The van der Waals surface area contributed by atoms with Crippen molar-refractivity contribution in [2.45, 2.75) is 76.9 Å². The Morgan fingerprint density at radius 3 is 2.61 bits per heavy atom. The van der Waals surface area contributed by atoms with Crippen molar-refractivity contribution in [2.24, 2.45) is 5.92 Å². The van der Waals surface area contributed by atoms with E-state index < -0.39 is 0 Å². The number of rotatable bonds is 3. The van der Waals surface area contributed by atoms with Crippen LogP contribution in [0.5, 0.6) is 0 Å². The highest BCUT2D eigenvalue weighted by atomic mass is 16.2. The number of hydrogen-bond donors (Lipinski definition) is 1. The monoisotopic (exact) mass is 252 g/mol. The molecule has 2 rings (SSSR count). The summed E-state index contributed by atoms with van der Waals surface area (Å²) in [5.74, 6) is 1.07. The highest BCUT2D eigenvalue weighted by Crippen LogP contribution is 2.40. The SMILES string of the molecule is CCC(C)(C)N1C(=O)C(NC)CCC2CCCC21. The van der Waals surface area contributed by atoms with Gasteiger partial charge in [0, 0.05) is 11.6 Å². The molecule has 0 bridgehead atoms. The van der Waals surface area contributed by atoms with Gasteiger partial charge in [-0.2, -0.15) is 0 Å². The molecule has 3 unspecified atom stereocenters. The van der Waals surface area contributed by atoms with Crippen molar-refractivity contribution >= 4 is 5.91 Å². The second-order valence-corrected chi connectivity index (χ2v) is 6.55. The van der Waals surface area contributed by atoms with Crippen molar-refractivity contribution in [1.29, 1.82) is 0 Å². The van der Waals surface area contributed by atoms with Crippen molar-refractivity contribution in [2.75, 3.05) is 7.05 Å². The first-order valence-corrected chi connectivity index (χ1v) is 7.51. The topological polar surface area (TPSA) is 32.3 Å². The summed E-state index contributed by atoms with van der Waals surface area (Å²) in [5, 5.41) is 3.22. The van der Waals surface area contributed by atoms with E-state index in [1.165, 1.54) is 25.7 Å². The molecule has 18 heavy (non-hydrogen) atoms. The Morgan fingerprint density at radius 1 is 1.28 bits per heavy atom. The third-order valence-electron chi connectivity index (χ3n) is 5.18. The Kier molecular flexibility index (Phi) is 4.00. The molecule has 1 N–H and O–H groups in total. The largest absolute Gasteiger partial charge is 0.333 e. The van der Waals surface area contributed by atoms with Gasteiger partial charge >= 0.3 is 0 Å². The van der Waals surface area contributed by atoms with Crippen LogP contribution in [0.4, 0.5) is 0 Å². The van der Waals surface area contributed by atoms with Gasteiger partial charge in [-0.15, -0.1) is 0 Å². The Morgan fingerprint density at radius 2 is 2.00 bits per heavy atom. The third kappa shape index (κ3) is 2.29. The van der Waals surface area contributed by atoms with Gasteiger partial charge in [0.25, 0.3) is 0 Å². The van der Waals surface area contributed by atoms with Gasteiger partial charge in [0.2, 0.25) is 5.91 Å². The Bertz CT molecular complexity index is 314. The Labute approximate surface area is 111 Å². The van der Waals surface area contributed by atoms with Crippen LogP contribution in [0.3, 0.4) is 0 Å². The molecule has 3 nitrogen and oxygen atoms in total. The standard InChI is InChI=1S/C15H28N2O/c1-5-15(2,3)17-13-8-6-7-11(13)9-10-12(16-4)14(17)18/h11-13,16H,5-10H2,1-4H3. The molecule has 0 aromatic rings. The summed E-state index contributed by atoms with van der Waals surface area (Å²) in [6.07, 6.45) is 7.05. The molecule has 1 amide bonds. The molecule has 104 valence electrons. The summed E-state index contributed by atoms with van der Waals surface area (Å²) in [7, 11) is 1.92. The molecular weight excluding hydrogens is 224 g/mol. The van der Waals surface area contributed by atoms with Crippen molar-refractivity contribution < 1.29 is 4.79 Å². The van der Waals surface area contributed by atoms with E-state index in [1.54, 1.807) is 0 Å². The van der Waals surface area contributed by atoms with Gasteiger partial charge in [-0.05, 0) is 58.9 Å². The maximum atomic E-state index is 12.8. The second-order valence-electron chi connectivity index (χ2n) is 6.55. The molecule has 1 saturated heterocycles.